The molecule has 158 valence electrons. The highest BCUT2D eigenvalue weighted by Gasteiger charge is 2.33. The van der Waals surface area contributed by atoms with Crippen molar-refractivity contribution in [3.63, 3.8) is 0 Å². The van der Waals surface area contributed by atoms with Gasteiger partial charge in [0.15, 0.2) is 6.61 Å². The summed E-state index contributed by atoms with van der Waals surface area (Å²) < 4.78 is 15.3. The number of hydrogen-bond donors (Lipinski definition) is 1. The molecule has 0 radical (unpaired) electrons. The molecule has 1 saturated heterocycles. The Morgan fingerprint density at radius 3 is 2.53 bits per heavy atom. The molecule has 30 heavy (non-hydrogen) atoms. The molecule has 0 bridgehead atoms. The molecule has 8 heteroatoms. The molecular weight excluding hydrogens is 388 g/mol. The number of nitrogens with one attached hydrogen (secondary N) is 1. The van der Waals surface area contributed by atoms with Crippen LogP contribution in [0.5, 0.6) is 11.5 Å². The number of ether oxygens (including phenoxy) is 3. The minimum atomic E-state index is -0.696. The first-order valence-electron chi connectivity index (χ1n) is 9.54. The van der Waals surface area contributed by atoms with Crippen molar-refractivity contribution in [1.29, 1.82) is 0 Å². The normalized spacial score (nSPS) is 14.3. The molecule has 0 saturated carbocycles. The van der Waals surface area contributed by atoms with E-state index in [-0.39, 0.29) is 25.5 Å². The van der Waals surface area contributed by atoms with E-state index >= 15 is 0 Å². The van der Waals surface area contributed by atoms with Gasteiger partial charge >= 0.3 is 6.09 Å². The molecule has 2 aromatic carbocycles. The van der Waals surface area contributed by atoms with Gasteiger partial charge < -0.3 is 19.5 Å². The minimum absolute atomic E-state index is 0.0132. The minimum Gasteiger partial charge on any atom is -0.497 e. The number of benzene rings is 2. The molecule has 8 nitrogen and oxygen atoms in total. The Hall–Kier alpha value is -3.55. The second-order valence-electron chi connectivity index (χ2n) is 6.77. The van der Waals surface area contributed by atoms with Crippen LogP contribution in [0.1, 0.15) is 23.6 Å². The quantitative estimate of drug-likeness (QED) is 0.680. The summed E-state index contributed by atoms with van der Waals surface area (Å²) in [6.07, 6.45) is -0.0200. The van der Waals surface area contributed by atoms with Crippen molar-refractivity contribution >= 4 is 17.9 Å². The van der Waals surface area contributed by atoms with Crippen LogP contribution in [0.2, 0.25) is 0 Å². The highest BCUT2D eigenvalue weighted by atomic mass is 16.6. The number of methoxy groups -OCH3 is 2. The molecule has 0 aromatic heterocycles. The van der Waals surface area contributed by atoms with Crippen LogP contribution in [0.3, 0.4) is 0 Å². The van der Waals surface area contributed by atoms with E-state index in [4.69, 9.17) is 14.2 Å². The number of nitrogens with zero attached hydrogens (tertiary/aromatic N) is 1. The van der Waals surface area contributed by atoms with Crippen LogP contribution in [0.4, 0.5) is 4.79 Å². The van der Waals surface area contributed by atoms with E-state index in [1.807, 2.05) is 42.5 Å². The van der Waals surface area contributed by atoms with Crippen molar-refractivity contribution in [3.8, 4) is 11.5 Å². The summed E-state index contributed by atoms with van der Waals surface area (Å²) >= 11 is 0. The molecule has 1 atom stereocenters. The maximum Gasteiger partial charge on any atom is 0.417 e. The fraction of sp³-hybridized carbons (Fsp3) is 0.318. The lowest BCUT2D eigenvalue weighted by atomic mass is 10.0. The predicted octanol–water partition coefficient (Wildman–Crippen LogP) is 2.47. The first-order chi connectivity index (χ1) is 14.5. The Labute approximate surface area is 174 Å². The topological polar surface area (TPSA) is 94.2 Å². The van der Waals surface area contributed by atoms with Gasteiger partial charge in [0.2, 0.25) is 5.91 Å². The Morgan fingerprint density at radius 2 is 1.90 bits per heavy atom. The van der Waals surface area contributed by atoms with Crippen LogP contribution >= 0.6 is 0 Å². The lowest BCUT2D eigenvalue weighted by molar-refractivity contribution is -0.127. The average Bonchev–Trinajstić information content (AvgIpc) is 3.09. The lowest BCUT2D eigenvalue weighted by Gasteiger charge is -2.23. The largest absolute Gasteiger partial charge is 0.497 e. The molecule has 1 heterocycles. The number of hydrogen-bond acceptors (Lipinski definition) is 6. The molecular formula is C22H24N2O6. The summed E-state index contributed by atoms with van der Waals surface area (Å²) in [5.41, 5.74) is 1.67. The van der Waals surface area contributed by atoms with Gasteiger partial charge in [-0.3, -0.25) is 9.59 Å². The van der Waals surface area contributed by atoms with Gasteiger partial charge in [-0.15, -0.1) is 0 Å². The molecule has 3 rings (SSSR count). The van der Waals surface area contributed by atoms with Crippen molar-refractivity contribution < 1.29 is 28.6 Å². The number of rotatable bonds is 9. The van der Waals surface area contributed by atoms with Gasteiger partial charge in [-0.05, 0) is 23.6 Å². The van der Waals surface area contributed by atoms with Gasteiger partial charge in [0.1, 0.15) is 11.5 Å². The maximum absolute atomic E-state index is 12.7. The summed E-state index contributed by atoms with van der Waals surface area (Å²) in [4.78, 5) is 37.4. The standard InChI is InChI=1S/C22H24N2O6/c1-28-17-10-8-16(19(12-17)29-2)9-11-20(25)23-18(15-6-4-3-5-7-15)13-24-21(26)14-30-22(24)27/h3-8,10,12,18H,9,11,13-14H2,1-2H3,(H,23,25). The highest BCUT2D eigenvalue weighted by molar-refractivity contribution is 5.97. The van der Waals surface area contributed by atoms with Gasteiger partial charge in [-0.25, -0.2) is 9.69 Å². The van der Waals surface area contributed by atoms with Crippen LogP contribution in [-0.2, 0) is 20.7 Å². The molecule has 1 aliphatic rings. The Kier molecular flexibility index (Phi) is 6.90. The van der Waals surface area contributed by atoms with E-state index in [0.717, 1.165) is 16.0 Å². The summed E-state index contributed by atoms with van der Waals surface area (Å²) in [7, 11) is 3.14. The van der Waals surface area contributed by atoms with E-state index in [1.54, 1.807) is 20.3 Å². The van der Waals surface area contributed by atoms with Gasteiger partial charge in [0, 0.05) is 12.5 Å². The van der Waals surface area contributed by atoms with Crippen LogP contribution in [0, 0.1) is 0 Å². The molecule has 1 N–H and O–H groups in total. The smallest absolute Gasteiger partial charge is 0.417 e. The van der Waals surface area contributed by atoms with E-state index in [9.17, 15) is 14.4 Å². The first-order valence-corrected chi connectivity index (χ1v) is 9.54. The lowest BCUT2D eigenvalue weighted by Crippen LogP contribution is -2.40. The Balaban J connectivity index is 1.68. The van der Waals surface area contributed by atoms with Gasteiger partial charge in [0.05, 0.1) is 26.8 Å². The Bertz CT molecular complexity index is 899. The molecule has 2 aromatic rings. The van der Waals surface area contributed by atoms with Crippen molar-refractivity contribution in [2.45, 2.75) is 18.9 Å². The van der Waals surface area contributed by atoms with Crippen molar-refractivity contribution in [2.24, 2.45) is 0 Å². The maximum atomic E-state index is 12.7. The van der Waals surface area contributed by atoms with Gasteiger partial charge in [-0.2, -0.15) is 0 Å². The Morgan fingerprint density at radius 1 is 1.13 bits per heavy atom. The highest BCUT2D eigenvalue weighted by Crippen LogP contribution is 2.26. The zero-order valence-corrected chi connectivity index (χ0v) is 16.9. The average molecular weight is 412 g/mol. The summed E-state index contributed by atoms with van der Waals surface area (Å²) in [6, 6.07) is 14.1. The third-order valence-electron chi connectivity index (χ3n) is 4.86. The van der Waals surface area contributed by atoms with Crippen LogP contribution in [0.25, 0.3) is 0 Å². The van der Waals surface area contributed by atoms with Crippen LogP contribution in [0.15, 0.2) is 48.5 Å². The number of carbonyl (C=O) groups excluding carboxylic acids is 3. The third-order valence-corrected chi connectivity index (χ3v) is 4.86. The third kappa shape index (κ3) is 5.08. The molecule has 0 aliphatic carbocycles. The van der Waals surface area contributed by atoms with Crippen molar-refractivity contribution in [3.05, 3.63) is 59.7 Å². The van der Waals surface area contributed by atoms with E-state index in [0.29, 0.717) is 17.9 Å². The van der Waals surface area contributed by atoms with E-state index in [2.05, 4.69) is 5.32 Å². The van der Waals surface area contributed by atoms with Crippen molar-refractivity contribution in [1.82, 2.24) is 10.2 Å². The van der Waals surface area contributed by atoms with Gasteiger partial charge in [-0.1, -0.05) is 36.4 Å². The van der Waals surface area contributed by atoms with Crippen molar-refractivity contribution in [2.75, 3.05) is 27.4 Å². The number of amides is 3. The second kappa shape index (κ2) is 9.78. The number of cyclic esters (lactones) is 1. The van der Waals surface area contributed by atoms with E-state index < -0.39 is 18.0 Å². The molecule has 0 spiro atoms. The first kappa shape index (κ1) is 21.2. The van der Waals surface area contributed by atoms with Crippen LogP contribution < -0.4 is 14.8 Å². The molecule has 1 unspecified atom stereocenters. The van der Waals surface area contributed by atoms with E-state index in [1.165, 1.54) is 0 Å². The van der Waals surface area contributed by atoms with Crippen LogP contribution in [-0.4, -0.2) is 50.2 Å². The molecule has 3 amide bonds. The fourth-order valence-electron chi connectivity index (χ4n) is 3.23. The summed E-state index contributed by atoms with van der Waals surface area (Å²) in [5, 5.41) is 2.93. The summed E-state index contributed by atoms with van der Waals surface area (Å²) in [6.45, 7) is -0.259. The second-order valence-corrected chi connectivity index (χ2v) is 6.77. The molecule has 1 aliphatic heterocycles. The summed E-state index contributed by atoms with van der Waals surface area (Å²) in [5.74, 6) is 0.693. The number of aryl methyl sites for hydroxylation is 1. The predicted molar refractivity (Wildman–Crippen MR) is 108 cm³/mol. The SMILES string of the molecule is COc1ccc(CCC(=O)NC(CN2C(=O)COC2=O)c2ccccc2)c(OC)c1. The fourth-order valence-corrected chi connectivity index (χ4v) is 3.23. The zero-order valence-electron chi connectivity index (χ0n) is 16.9. The molecule has 1 fully saturated rings. The monoisotopic (exact) mass is 412 g/mol. The number of carbonyl (C=O) groups is 3. The number of imide groups is 1. The zero-order chi connectivity index (χ0) is 21.5. The van der Waals surface area contributed by atoms with Gasteiger partial charge in [0.25, 0.3) is 5.91 Å².